The highest BCUT2D eigenvalue weighted by molar-refractivity contribution is 5.81. The van der Waals surface area contributed by atoms with Crippen LogP contribution in [0.5, 0.6) is 0 Å². The molecule has 76 valence electrons. The van der Waals surface area contributed by atoms with Crippen molar-refractivity contribution in [2.24, 2.45) is 11.7 Å². The predicted octanol–water partition coefficient (Wildman–Crippen LogP) is 1.03. The fourth-order valence-electron chi connectivity index (χ4n) is 1.48. The Balaban J connectivity index is 2.20. The minimum Gasteiger partial charge on any atom is -0.352 e. The number of hydrogen-bond acceptors (Lipinski definition) is 2. The molecule has 0 aromatic heterocycles. The quantitative estimate of drug-likeness (QED) is 0.685. The van der Waals surface area contributed by atoms with Gasteiger partial charge in [-0.1, -0.05) is 13.8 Å². The van der Waals surface area contributed by atoms with E-state index in [-0.39, 0.29) is 11.9 Å². The molecule has 0 aromatic carbocycles. The lowest BCUT2D eigenvalue weighted by Gasteiger charge is -2.28. The summed E-state index contributed by atoms with van der Waals surface area (Å²) in [4.78, 5) is 11.4. The molecule has 3 N–H and O–H groups in total. The van der Waals surface area contributed by atoms with Crippen LogP contribution in [-0.2, 0) is 4.79 Å². The lowest BCUT2D eigenvalue weighted by Crippen LogP contribution is -2.48. The first-order chi connectivity index (χ1) is 6.09. The molecule has 0 bridgehead atoms. The number of carbonyl (C=O) groups is 1. The maximum absolute atomic E-state index is 11.4. The first-order valence-corrected chi connectivity index (χ1v) is 5.15. The zero-order valence-electron chi connectivity index (χ0n) is 8.55. The molecule has 1 saturated carbocycles. The zero-order chi connectivity index (χ0) is 9.84. The van der Waals surface area contributed by atoms with Gasteiger partial charge in [-0.25, -0.2) is 0 Å². The molecule has 1 aliphatic rings. The molecular formula is C10H20N2O. The average molecular weight is 184 g/mol. The molecule has 3 heteroatoms. The van der Waals surface area contributed by atoms with Crippen molar-refractivity contribution in [3.8, 4) is 0 Å². The van der Waals surface area contributed by atoms with Gasteiger partial charge in [0, 0.05) is 6.04 Å². The molecule has 0 radical (unpaired) electrons. The fourth-order valence-corrected chi connectivity index (χ4v) is 1.48. The Morgan fingerprint density at radius 1 is 1.54 bits per heavy atom. The van der Waals surface area contributed by atoms with Gasteiger partial charge in [0.05, 0.1) is 6.04 Å². The summed E-state index contributed by atoms with van der Waals surface area (Å²) in [5, 5.41) is 2.96. The normalized spacial score (nSPS) is 19.7. The van der Waals surface area contributed by atoms with E-state index in [1.807, 2.05) is 0 Å². The van der Waals surface area contributed by atoms with Crippen molar-refractivity contribution in [2.75, 3.05) is 0 Å². The standard InChI is InChI=1S/C10H20N2O/c1-7(2)6-9(11)10(13)12-8-4-3-5-8/h7-9H,3-6,11H2,1-2H3,(H,12,13). The van der Waals surface area contributed by atoms with Gasteiger partial charge in [0.1, 0.15) is 0 Å². The molecule has 3 nitrogen and oxygen atoms in total. The highest BCUT2D eigenvalue weighted by atomic mass is 16.2. The summed E-state index contributed by atoms with van der Waals surface area (Å²) in [6.07, 6.45) is 4.27. The minimum atomic E-state index is -0.319. The number of nitrogens with one attached hydrogen (secondary N) is 1. The van der Waals surface area contributed by atoms with Crippen molar-refractivity contribution in [1.29, 1.82) is 0 Å². The Bertz CT molecular complexity index is 176. The van der Waals surface area contributed by atoms with Crippen molar-refractivity contribution < 1.29 is 4.79 Å². The third kappa shape index (κ3) is 3.35. The monoisotopic (exact) mass is 184 g/mol. The van der Waals surface area contributed by atoms with E-state index in [1.165, 1.54) is 6.42 Å². The Morgan fingerprint density at radius 3 is 2.54 bits per heavy atom. The van der Waals surface area contributed by atoms with Crippen LogP contribution in [0.25, 0.3) is 0 Å². The number of hydrogen-bond donors (Lipinski definition) is 2. The molecule has 1 rings (SSSR count). The molecule has 1 amide bonds. The summed E-state index contributed by atoms with van der Waals surface area (Å²) < 4.78 is 0. The number of carbonyl (C=O) groups excluding carboxylic acids is 1. The molecule has 13 heavy (non-hydrogen) atoms. The van der Waals surface area contributed by atoms with E-state index >= 15 is 0 Å². The highest BCUT2D eigenvalue weighted by Gasteiger charge is 2.22. The van der Waals surface area contributed by atoms with Crippen molar-refractivity contribution in [2.45, 2.75) is 51.6 Å². The topological polar surface area (TPSA) is 55.1 Å². The van der Waals surface area contributed by atoms with Crippen LogP contribution in [0, 0.1) is 5.92 Å². The van der Waals surface area contributed by atoms with E-state index in [2.05, 4.69) is 19.2 Å². The molecule has 1 aliphatic carbocycles. The van der Waals surface area contributed by atoms with Gasteiger partial charge in [-0.2, -0.15) is 0 Å². The van der Waals surface area contributed by atoms with Gasteiger partial charge in [0.25, 0.3) is 0 Å². The molecule has 1 atom stereocenters. The third-order valence-corrected chi connectivity index (χ3v) is 2.51. The lowest BCUT2D eigenvalue weighted by molar-refractivity contribution is -0.123. The van der Waals surface area contributed by atoms with E-state index in [1.54, 1.807) is 0 Å². The van der Waals surface area contributed by atoms with E-state index in [0.717, 1.165) is 19.3 Å². The third-order valence-electron chi connectivity index (χ3n) is 2.51. The second-order valence-corrected chi connectivity index (χ2v) is 4.37. The van der Waals surface area contributed by atoms with E-state index in [0.29, 0.717) is 12.0 Å². The molecule has 0 heterocycles. The van der Waals surface area contributed by atoms with Gasteiger partial charge < -0.3 is 11.1 Å². The molecule has 0 aromatic rings. The summed E-state index contributed by atoms with van der Waals surface area (Å²) in [6.45, 7) is 4.16. The van der Waals surface area contributed by atoms with Gasteiger partial charge in [-0.15, -0.1) is 0 Å². The largest absolute Gasteiger partial charge is 0.352 e. The van der Waals surface area contributed by atoms with Crippen LogP contribution in [0.2, 0.25) is 0 Å². The second-order valence-electron chi connectivity index (χ2n) is 4.37. The van der Waals surface area contributed by atoms with Crippen molar-refractivity contribution in [3.63, 3.8) is 0 Å². The Labute approximate surface area is 80.1 Å². The summed E-state index contributed by atoms with van der Waals surface area (Å²) in [5.74, 6) is 0.514. The van der Waals surface area contributed by atoms with Crippen LogP contribution in [0.4, 0.5) is 0 Å². The maximum Gasteiger partial charge on any atom is 0.237 e. The summed E-state index contributed by atoms with van der Waals surface area (Å²) in [6, 6.07) is 0.0892. The van der Waals surface area contributed by atoms with Crippen LogP contribution < -0.4 is 11.1 Å². The Morgan fingerprint density at radius 2 is 2.15 bits per heavy atom. The zero-order valence-corrected chi connectivity index (χ0v) is 8.55. The smallest absolute Gasteiger partial charge is 0.237 e. The molecule has 0 saturated heterocycles. The fraction of sp³-hybridized carbons (Fsp3) is 0.900. The Kier molecular flexibility index (Phi) is 3.72. The second kappa shape index (κ2) is 4.61. The van der Waals surface area contributed by atoms with Gasteiger partial charge >= 0.3 is 0 Å². The van der Waals surface area contributed by atoms with Crippen LogP contribution in [0.15, 0.2) is 0 Å². The molecule has 0 spiro atoms. The first kappa shape index (κ1) is 10.5. The van der Waals surface area contributed by atoms with Crippen molar-refractivity contribution >= 4 is 5.91 Å². The number of amides is 1. The molecule has 1 fully saturated rings. The van der Waals surface area contributed by atoms with Gasteiger partial charge in [-0.05, 0) is 31.6 Å². The molecule has 0 aliphatic heterocycles. The van der Waals surface area contributed by atoms with Crippen molar-refractivity contribution in [3.05, 3.63) is 0 Å². The molecule has 1 unspecified atom stereocenters. The van der Waals surface area contributed by atoms with Gasteiger partial charge in [-0.3, -0.25) is 4.79 Å². The van der Waals surface area contributed by atoms with Gasteiger partial charge in [0.15, 0.2) is 0 Å². The van der Waals surface area contributed by atoms with Crippen molar-refractivity contribution in [1.82, 2.24) is 5.32 Å². The van der Waals surface area contributed by atoms with E-state index < -0.39 is 0 Å². The number of nitrogens with two attached hydrogens (primary N) is 1. The predicted molar refractivity (Wildman–Crippen MR) is 53.2 cm³/mol. The average Bonchev–Trinajstić information content (AvgIpc) is 1.94. The van der Waals surface area contributed by atoms with Crippen LogP contribution >= 0.6 is 0 Å². The lowest BCUT2D eigenvalue weighted by atomic mass is 9.92. The minimum absolute atomic E-state index is 0.0263. The van der Waals surface area contributed by atoms with E-state index in [4.69, 9.17) is 5.73 Å². The van der Waals surface area contributed by atoms with E-state index in [9.17, 15) is 4.79 Å². The summed E-state index contributed by atoms with van der Waals surface area (Å²) in [7, 11) is 0. The first-order valence-electron chi connectivity index (χ1n) is 5.15. The Hall–Kier alpha value is -0.570. The maximum atomic E-state index is 11.4. The van der Waals surface area contributed by atoms with Crippen LogP contribution in [-0.4, -0.2) is 18.0 Å². The molecular weight excluding hydrogens is 164 g/mol. The summed E-state index contributed by atoms with van der Waals surface area (Å²) in [5.41, 5.74) is 5.73. The SMILES string of the molecule is CC(C)CC(N)C(=O)NC1CCC1. The van der Waals surface area contributed by atoms with Crippen LogP contribution in [0.3, 0.4) is 0 Å². The number of rotatable bonds is 4. The van der Waals surface area contributed by atoms with Crippen LogP contribution in [0.1, 0.15) is 39.5 Å². The highest BCUT2D eigenvalue weighted by Crippen LogP contribution is 2.18. The van der Waals surface area contributed by atoms with Gasteiger partial charge in [0.2, 0.25) is 5.91 Å². The summed E-state index contributed by atoms with van der Waals surface area (Å²) >= 11 is 0.